The number of sulfonamides is 1. The molecule has 1 fully saturated rings. The molecule has 4 rings (SSSR count). The maximum absolute atomic E-state index is 12.8. The third-order valence-electron chi connectivity index (χ3n) is 5.14. The third kappa shape index (κ3) is 3.62. The lowest BCUT2D eigenvalue weighted by Gasteiger charge is -2.21. The van der Waals surface area contributed by atoms with Crippen molar-refractivity contribution < 1.29 is 17.9 Å². The third-order valence-corrected chi connectivity index (χ3v) is 6.90. The molecule has 0 bridgehead atoms. The number of fused-ring (bicyclic) bond motifs is 1. The highest BCUT2D eigenvalue weighted by Gasteiger charge is 2.33. The molecule has 1 saturated heterocycles. The Labute approximate surface area is 169 Å². The first-order valence-corrected chi connectivity index (χ1v) is 11.1. The summed E-state index contributed by atoms with van der Waals surface area (Å²) in [6.45, 7) is 2.91. The van der Waals surface area contributed by atoms with Gasteiger partial charge in [0.25, 0.3) is 15.9 Å². The summed E-state index contributed by atoms with van der Waals surface area (Å²) >= 11 is 5.97. The SMILES string of the molecule is Cc1ccc(Cl)cc1S(=O)(=O)Nc1ccc2c(c1)N(C(=O)C1CCCO1)CC2. The van der Waals surface area contributed by atoms with Gasteiger partial charge in [-0.1, -0.05) is 23.7 Å². The van der Waals surface area contributed by atoms with Gasteiger partial charge >= 0.3 is 0 Å². The molecule has 2 aliphatic heterocycles. The molecule has 2 aromatic rings. The number of carbonyl (C=O) groups is 1. The van der Waals surface area contributed by atoms with E-state index in [1.807, 2.05) is 6.07 Å². The predicted molar refractivity (Wildman–Crippen MR) is 108 cm³/mol. The highest BCUT2D eigenvalue weighted by Crippen LogP contribution is 2.33. The van der Waals surface area contributed by atoms with E-state index in [-0.39, 0.29) is 10.8 Å². The van der Waals surface area contributed by atoms with Crippen LogP contribution in [0, 0.1) is 6.92 Å². The molecule has 0 aromatic heterocycles. The van der Waals surface area contributed by atoms with Crippen LogP contribution in [0.4, 0.5) is 11.4 Å². The van der Waals surface area contributed by atoms with E-state index in [9.17, 15) is 13.2 Å². The summed E-state index contributed by atoms with van der Waals surface area (Å²) in [5, 5.41) is 0.355. The Morgan fingerprint density at radius 1 is 1.25 bits per heavy atom. The topological polar surface area (TPSA) is 75.7 Å². The minimum absolute atomic E-state index is 0.0538. The molecule has 2 aliphatic rings. The molecular weight excluding hydrogens is 400 g/mol. The van der Waals surface area contributed by atoms with E-state index in [2.05, 4.69) is 4.72 Å². The van der Waals surface area contributed by atoms with Gasteiger partial charge in [0, 0.05) is 23.9 Å². The van der Waals surface area contributed by atoms with E-state index >= 15 is 0 Å². The highest BCUT2D eigenvalue weighted by molar-refractivity contribution is 7.92. The number of benzene rings is 2. The van der Waals surface area contributed by atoms with Gasteiger partial charge in [-0.3, -0.25) is 9.52 Å². The largest absolute Gasteiger partial charge is 0.368 e. The number of amides is 1. The number of aryl methyl sites for hydroxylation is 1. The number of hydrogen-bond acceptors (Lipinski definition) is 4. The molecule has 0 saturated carbocycles. The van der Waals surface area contributed by atoms with Gasteiger partial charge in [-0.2, -0.15) is 0 Å². The Kier molecular flexibility index (Phi) is 5.07. The number of nitrogens with one attached hydrogen (secondary N) is 1. The second kappa shape index (κ2) is 7.39. The lowest BCUT2D eigenvalue weighted by atomic mass is 10.1. The van der Waals surface area contributed by atoms with E-state index in [1.54, 1.807) is 36.1 Å². The summed E-state index contributed by atoms with van der Waals surface area (Å²) in [5.41, 5.74) is 2.77. The summed E-state index contributed by atoms with van der Waals surface area (Å²) in [5.74, 6) is -0.0538. The van der Waals surface area contributed by atoms with Gasteiger partial charge in [0.15, 0.2) is 0 Å². The number of rotatable bonds is 4. The fraction of sp³-hybridized carbons (Fsp3) is 0.350. The van der Waals surface area contributed by atoms with Crippen molar-refractivity contribution in [2.45, 2.75) is 37.2 Å². The number of ether oxygens (including phenoxy) is 1. The van der Waals surface area contributed by atoms with Crippen LogP contribution in [0.2, 0.25) is 5.02 Å². The number of hydrogen-bond donors (Lipinski definition) is 1. The molecule has 0 aliphatic carbocycles. The lowest BCUT2D eigenvalue weighted by molar-refractivity contribution is -0.127. The first-order chi connectivity index (χ1) is 13.3. The van der Waals surface area contributed by atoms with Gasteiger partial charge < -0.3 is 9.64 Å². The van der Waals surface area contributed by atoms with Gasteiger partial charge in [-0.25, -0.2) is 8.42 Å². The van der Waals surface area contributed by atoms with E-state index in [0.29, 0.717) is 29.4 Å². The summed E-state index contributed by atoms with van der Waals surface area (Å²) in [6.07, 6.45) is 1.95. The van der Waals surface area contributed by atoms with Crippen LogP contribution in [0.25, 0.3) is 0 Å². The second-order valence-corrected chi connectivity index (χ2v) is 9.19. The van der Waals surface area contributed by atoms with Crippen molar-refractivity contribution in [1.82, 2.24) is 0 Å². The molecule has 28 heavy (non-hydrogen) atoms. The van der Waals surface area contributed by atoms with Crippen molar-refractivity contribution in [1.29, 1.82) is 0 Å². The molecule has 8 heteroatoms. The highest BCUT2D eigenvalue weighted by atomic mass is 35.5. The molecule has 0 spiro atoms. The smallest absolute Gasteiger partial charge is 0.262 e. The van der Waals surface area contributed by atoms with Crippen LogP contribution in [0.5, 0.6) is 0 Å². The minimum atomic E-state index is -3.80. The van der Waals surface area contributed by atoms with Crippen molar-refractivity contribution in [2.75, 3.05) is 22.8 Å². The molecule has 1 amide bonds. The van der Waals surface area contributed by atoms with Crippen molar-refractivity contribution in [3.8, 4) is 0 Å². The van der Waals surface area contributed by atoms with Crippen molar-refractivity contribution in [3.63, 3.8) is 0 Å². The van der Waals surface area contributed by atoms with Crippen LogP contribution in [-0.4, -0.2) is 33.6 Å². The fourth-order valence-electron chi connectivity index (χ4n) is 3.69. The Hall–Kier alpha value is -2.09. The van der Waals surface area contributed by atoms with Crippen LogP contribution in [0.1, 0.15) is 24.0 Å². The summed E-state index contributed by atoms with van der Waals surface area (Å²) < 4.78 is 33.8. The average molecular weight is 421 g/mol. The Morgan fingerprint density at radius 3 is 2.82 bits per heavy atom. The molecule has 2 aromatic carbocycles. The molecule has 2 heterocycles. The summed E-state index contributed by atoms with van der Waals surface area (Å²) in [7, 11) is -3.80. The van der Waals surface area contributed by atoms with Gasteiger partial charge in [-0.15, -0.1) is 0 Å². The van der Waals surface area contributed by atoms with Crippen LogP contribution in [-0.2, 0) is 26.0 Å². The zero-order chi connectivity index (χ0) is 19.9. The van der Waals surface area contributed by atoms with Crippen LogP contribution >= 0.6 is 11.6 Å². The van der Waals surface area contributed by atoms with E-state index in [4.69, 9.17) is 16.3 Å². The van der Waals surface area contributed by atoms with Gasteiger partial charge in [0.05, 0.1) is 10.6 Å². The molecule has 6 nitrogen and oxygen atoms in total. The minimum Gasteiger partial charge on any atom is -0.368 e. The van der Waals surface area contributed by atoms with E-state index in [0.717, 1.165) is 30.5 Å². The second-order valence-electron chi connectivity index (χ2n) is 7.10. The Balaban J connectivity index is 1.61. The van der Waals surface area contributed by atoms with Gasteiger partial charge in [0.1, 0.15) is 6.10 Å². The summed E-state index contributed by atoms with van der Waals surface area (Å²) in [4.78, 5) is 14.6. The van der Waals surface area contributed by atoms with Gasteiger partial charge in [0.2, 0.25) is 0 Å². The average Bonchev–Trinajstić information content (AvgIpc) is 3.32. The zero-order valence-corrected chi connectivity index (χ0v) is 17.0. The molecule has 148 valence electrons. The molecule has 0 radical (unpaired) electrons. The number of halogens is 1. The zero-order valence-electron chi connectivity index (χ0n) is 15.4. The molecule has 1 atom stereocenters. The van der Waals surface area contributed by atoms with Gasteiger partial charge in [-0.05, 0) is 61.6 Å². The van der Waals surface area contributed by atoms with E-state index < -0.39 is 16.1 Å². The standard InChI is InChI=1S/C20H21ClN2O4S/c1-13-4-6-15(21)11-19(13)28(25,26)22-16-7-5-14-8-9-23(17(14)12-16)20(24)18-3-2-10-27-18/h4-7,11-12,18,22H,2-3,8-10H2,1H3. The number of carbonyl (C=O) groups excluding carboxylic acids is 1. The predicted octanol–water partition coefficient (Wildman–Crippen LogP) is 3.52. The maximum Gasteiger partial charge on any atom is 0.262 e. The fourth-order valence-corrected chi connectivity index (χ4v) is 5.25. The van der Waals surface area contributed by atoms with Crippen molar-refractivity contribution >= 4 is 38.9 Å². The van der Waals surface area contributed by atoms with Crippen molar-refractivity contribution in [2.24, 2.45) is 0 Å². The first-order valence-electron chi connectivity index (χ1n) is 9.20. The normalized spacial score (nSPS) is 18.9. The molecule has 1 unspecified atom stereocenters. The van der Waals surface area contributed by atoms with Crippen LogP contribution in [0.3, 0.4) is 0 Å². The van der Waals surface area contributed by atoms with E-state index in [1.165, 1.54) is 6.07 Å². The lowest BCUT2D eigenvalue weighted by Crippen LogP contribution is -2.37. The Morgan fingerprint density at radius 2 is 2.07 bits per heavy atom. The summed E-state index contributed by atoms with van der Waals surface area (Å²) in [6, 6.07) is 10.0. The monoisotopic (exact) mass is 420 g/mol. The van der Waals surface area contributed by atoms with Crippen molar-refractivity contribution in [3.05, 3.63) is 52.5 Å². The van der Waals surface area contributed by atoms with Crippen LogP contribution in [0.15, 0.2) is 41.3 Å². The Bertz CT molecular complexity index is 1030. The number of nitrogens with zero attached hydrogens (tertiary/aromatic N) is 1. The number of anilines is 2. The quantitative estimate of drug-likeness (QED) is 0.821. The van der Waals surface area contributed by atoms with Crippen LogP contribution < -0.4 is 9.62 Å². The first kappa shape index (κ1) is 19.2. The molecular formula is C20H21ClN2O4S. The molecule has 1 N–H and O–H groups in total. The maximum atomic E-state index is 12.8.